The second-order valence-electron chi connectivity index (χ2n) is 6.13. The first-order valence-corrected chi connectivity index (χ1v) is 8.05. The maximum absolute atomic E-state index is 13.0. The van der Waals surface area contributed by atoms with E-state index in [1.807, 2.05) is 12.1 Å². The number of hydrogen-bond donors (Lipinski definition) is 2. The van der Waals surface area contributed by atoms with Gasteiger partial charge in [-0.05, 0) is 43.0 Å². The fourth-order valence-corrected chi connectivity index (χ4v) is 3.06. The summed E-state index contributed by atoms with van der Waals surface area (Å²) < 4.78 is 13.0. The molecule has 0 spiro atoms. The maximum atomic E-state index is 13.0. The number of nitrogens with one attached hydrogen (secondary N) is 1. The lowest BCUT2D eigenvalue weighted by molar-refractivity contribution is -0.126. The SMILES string of the molecule is CC(CN1CCCC(C(=O)NCCN)C1)c1ccc(F)cc1. The molecule has 1 aromatic carbocycles. The van der Waals surface area contributed by atoms with Gasteiger partial charge in [-0.1, -0.05) is 19.1 Å². The van der Waals surface area contributed by atoms with Crippen molar-refractivity contribution in [3.05, 3.63) is 35.6 Å². The minimum absolute atomic E-state index is 0.0562. The van der Waals surface area contributed by atoms with Gasteiger partial charge in [0.2, 0.25) is 5.91 Å². The molecule has 0 aromatic heterocycles. The van der Waals surface area contributed by atoms with Crippen molar-refractivity contribution in [1.29, 1.82) is 0 Å². The molecule has 5 heteroatoms. The summed E-state index contributed by atoms with van der Waals surface area (Å²) in [5, 5.41) is 2.88. The molecule has 0 bridgehead atoms. The third-order valence-corrected chi connectivity index (χ3v) is 4.29. The molecule has 122 valence electrons. The van der Waals surface area contributed by atoms with E-state index >= 15 is 0 Å². The fourth-order valence-electron chi connectivity index (χ4n) is 3.06. The zero-order valence-corrected chi connectivity index (χ0v) is 13.2. The highest BCUT2D eigenvalue weighted by molar-refractivity contribution is 5.78. The van der Waals surface area contributed by atoms with Gasteiger partial charge in [-0.2, -0.15) is 0 Å². The first-order valence-electron chi connectivity index (χ1n) is 8.05. The number of benzene rings is 1. The van der Waals surface area contributed by atoms with Crippen LogP contribution in [0.5, 0.6) is 0 Å². The Bertz CT molecular complexity index is 477. The molecule has 2 rings (SSSR count). The Balaban J connectivity index is 1.86. The first-order chi connectivity index (χ1) is 10.6. The molecular formula is C17H26FN3O. The summed E-state index contributed by atoms with van der Waals surface area (Å²) >= 11 is 0. The average molecular weight is 307 g/mol. The molecule has 2 unspecified atom stereocenters. The van der Waals surface area contributed by atoms with Crippen LogP contribution >= 0.6 is 0 Å². The van der Waals surface area contributed by atoms with Gasteiger partial charge < -0.3 is 16.0 Å². The van der Waals surface area contributed by atoms with E-state index in [-0.39, 0.29) is 17.6 Å². The Kier molecular flexibility index (Phi) is 6.34. The van der Waals surface area contributed by atoms with Crippen molar-refractivity contribution in [1.82, 2.24) is 10.2 Å². The van der Waals surface area contributed by atoms with Gasteiger partial charge in [-0.25, -0.2) is 4.39 Å². The molecular weight excluding hydrogens is 281 g/mol. The van der Waals surface area contributed by atoms with Crippen molar-refractivity contribution in [2.45, 2.75) is 25.7 Å². The summed E-state index contributed by atoms with van der Waals surface area (Å²) in [6.45, 7) is 5.87. The quantitative estimate of drug-likeness (QED) is 0.841. The summed E-state index contributed by atoms with van der Waals surface area (Å²) in [6, 6.07) is 6.70. The third-order valence-electron chi connectivity index (χ3n) is 4.29. The van der Waals surface area contributed by atoms with Crippen molar-refractivity contribution in [2.75, 3.05) is 32.7 Å². The standard InChI is InChI=1S/C17H26FN3O/c1-13(14-4-6-16(18)7-5-14)11-21-10-2-3-15(12-21)17(22)20-9-8-19/h4-7,13,15H,2-3,8-12,19H2,1H3,(H,20,22). The van der Waals surface area contributed by atoms with Crippen molar-refractivity contribution < 1.29 is 9.18 Å². The molecule has 0 aliphatic carbocycles. The number of hydrogen-bond acceptors (Lipinski definition) is 3. The molecule has 0 saturated carbocycles. The Hall–Kier alpha value is -1.46. The first kappa shape index (κ1) is 16.9. The van der Waals surface area contributed by atoms with E-state index < -0.39 is 0 Å². The van der Waals surface area contributed by atoms with Gasteiger partial charge >= 0.3 is 0 Å². The van der Waals surface area contributed by atoms with Crippen LogP contribution in [0.15, 0.2) is 24.3 Å². The van der Waals surface area contributed by atoms with E-state index in [0.717, 1.165) is 38.0 Å². The Morgan fingerprint density at radius 1 is 1.45 bits per heavy atom. The van der Waals surface area contributed by atoms with Gasteiger partial charge in [0.1, 0.15) is 5.82 Å². The average Bonchev–Trinajstić information content (AvgIpc) is 2.53. The molecule has 4 nitrogen and oxygen atoms in total. The summed E-state index contributed by atoms with van der Waals surface area (Å²) in [5.74, 6) is 0.294. The van der Waals surface area contributed by atoms with Gasteiger partial charge in [0.25, 0.3) is 0 Å². The largest absolute Gasteiger partial charge is 0.355 e. The Labute approximate surface area is 131 Å². The van der Waals surface area contributed by atoms with E-state index in [9.17, 15) is 9.18 Å². The number of carbonyl (C=O) groups excluding carboxylic acids is 1. The van der Waals surface area contributed by atoms with Gasteiger partial charge in [0.15, 0.2) is 0 Å². The lowest BCUT2D eigenvalue weighted by Gasteiger charge is -2.33. The van der Waals surface area contributed by atoms with Gasteiger partial charge in [-0.15, -0.1) is 0 Å². The summed E-state index contributed by atoms with van der Waals surface area (Å²) in [6.07, 6.45) is 1.98. The molecule has 0 radical (unpaired) electrons. The lowest BCUT2D eigenvalue weighted by Crippen LogP contribution is -2.44. The fraction of sp³-hybridized carbons (Fsp3) is 0.588. The number of nitrogens with zero attached hydrogens (tertiary/aromatic N) is 1. The van der Waals surface area contributed by atoms with Crippen LogP contribution in [0.2, 0.25) is 0 Å². The van der Waals surface area contributed by atoms with Crippen LogP contribution in [-0.2, 0) is 4.79 Å². The van der Waals surface area contributed by atoms with Crippen molar-refractivity contribution >= 4 is 5.91 Å². The number of halogens is 1. The second kappa shape index (κ2) is 8.25. The zero-order valence-electron chi connectivity index (χ0n) is 13.2. The highest BCUT2D eigenvalue weighted by Gasteiger charge is 2.26. The van der Waals surface area contributed by atoms with Gasteiger partial charge in [0, 0.05) is 26.2 Å². The second-order valence-corrected chi connectivity index (χ2v) is 6.13. The molecule has 1 heterocycles. The number of rotatable bonds is 6. The van der Waals surface area contributed by atoms with Crippen molar-refractivity contribution in [3.8, 4) is 0 Å². The Morgan fingerprint density at radius 3 is 2.86 bits per heavy atom. The van der Waals surface area contributed by atoms with Crippen LogP contribution in [0.3, 0.4) is 0 Å². The van der Waals surface area contributed by atoms with E-state index in [4.69, 9.17) is 5.73 Å². The zero-order chi connectivity index (χ0) is 15.9. The van der Waals surface area contributed by atoms with E-state index in [1.54, 1.807) is 0 Å². The Morgan fingerprint density at radius 2 is 2.18 bits per heavy atom. The maximum Gasteiger partial charge on any atom is 0.224 e. The van der Waals surface area contributed by atoms with Gasteiger partial charge in [0.05, 0.1) is 5.92 Å². The van der Waals surface area contributed by atoms with Crippen LogP contribution in [-0.4, -0.2) is 43.5 Å². The molecule has 1 aliphatic rings. The van der Waals surface area contributed by atoms with Crippen LogP contribution < -0.4 is 11.1 Å². The number of carbonyl (C=O) groups is 1. The van der Waals surface area contributed by atoms with Crippen LogP contribution in [0, 0.1) is 11.7 Å². The minimum atomic E-state index is -0.203. The molecule has 2 atom stereocenters. The van der Waals surface area contributed by atoms with Crippen LogP contribution in [0.4, 0.5) is 4.39 Å². The van der Waals surface area contributed by atoms with E-state index in [1.165, 1.54) is 12.1 Å². The monoisotopic (exact) mass is 307 g/mol. The smallest absolute Gasteiger partial charge is 0.224 e. The van der Waals surface area contributed by atoms with Gasteiger partial charge in [-0.3, -0.25) is 4.79 Å². The predicted octanol–water partition coefficient (Wildman–Crippen LogP) is 1.72. The molecule has 1 fully saturated rings. The van der Waals surface area contributed by atoms with Crippen LogP contribution in [0.25, 0.3) is 0 Å². The molecule has 1 aliphatic heterocycles. The van der Waals surface area contributed by atoms with E-state index in [0.29, 0.717) is 19.0 Å². The number of nitrogens with two attached hydrogens (primary N) is 1. The number of piperidine rings is 1. The highest BCUT2D eigenvalue weighted by Crippen LogP contribution is 2.22. The van der Waals surface area contributed by atoms with Crippen molar-refractivity contribution in [3.63, 3.8) is 0 Å². The predicted molar refractivity (Wildman–Crippen MR) is 86.0 cm³/mol. The molecule has 1 aromatic rings. The summed E-state index contributed by atoms with van der Waals surface area (Å²) in [7, 11) is 0. The lowest BCUT2D eigenvalue weighted by atomic mass is 9.94. The summed E-state index contributed by atoms with van der Waals surface area (Å²) in [5.41, 5.74) is 6.56. The van der Waals surface area contributed by atoms with Crippen LogP contribution in [0.1, 0.15) is 31.2 Å². The molecule has 1 amide bonds. The normalized spacial score (nSPS) is 20.6. The van der Waals surface area contributed by atoms with E-state index in [2.05, 4.69) is 17.1 Å². The minimum Gasteiger partial charge on any atom is -0.355 e. The highest BCUT2D eigenvalue weighted by atomic mass is 19.1. The molecule has 1 saturated heterocycles. The number of amides is 1. The topological polar surface area (TPSA) is 58.4 Å². The number of likely N-dealkylation sites (tertiary alicyclic amines) is 1. The molecule has 3 N–H and O–H groups in total. The summed E-state index contributed by atoms with van der Waals surface area (Å²) in [4.78, 5) is 14.4. The molecule has 22 heavy (non-hydrogen) atoms. The van der Waals surface area contributed by atoms with Crippen molar-refractivity contribution in [2.24, 2.45) is 11.7 Å². The third kappa shape index (κ3) is 4.78.